The van der Waals surface area contributed by atoms with Gasteiger partial charge in [-0.25, -0.2) is 4.79 Å². The van der Waals surface area contributed by atoms with Crippen LogP contribution in [0.25, 0.3) is 0 Å². The van der Waals surface area contributed by atoms with E-state index in [2.05, 4.69) is 6.92 Å². The Balaban J connectivity index is 1.74. The Morgan fingerprint density at radius 1 is 0.950 bits per heavy atom. The highest BCUT2D eigenvalue weighted by Gasteiger charge is 2.37. The molecule has 2 rings (SSSR count). The highest BCUT2D eigenvalue weighted by molar-refractivity contribution is 5.77. The molecule has 2 fully saturated rings. The maximum Gasteiger partial charge on any atom is 0.376 e. The largest absolute Gasteiger partial charge is 0.458 e. The minimum absolute atomic E-state index is 0.299. The van der Waals surface area contributed by atoms with Gasteiger partial charge < -0.3 is 4.74 Å². The Bertz CT molecular complexity index is 322. The van der Waals surface area contributed by atoms with Gasteiger partial charge in [0.25, 0.3) is 0 Å². The van der Waals surface area contributed by atoms with Crippen molar-refractivity contribution < 1.29 is 18.3 Å². The smallest absolute Gasteiger partial charge is 0.376 e. The summed E-state index contributed by atoms with van der Waals surface area (Å²) in [6.45, 7) is 2.92. The van der Waals surface area contributed by atoms with Gasteiger partial charge in [0.05, 0.1) is 0 Å². The zero-order valence-electron chi connectivity index (χ0n) is 12.5. The number of hydrogen-bond donors (Lipinski definition) is 0. The van der Waals surface area contributed by atoms with Crippen molar-refractivity contribution in [3.8, 4) is 0 Å². The molecule has 0 unspecified atom stereocenters. The van der Waals surface area contributed by atoms with E-state index in [0.29, 0.717) is 12.8 Å². The molecule has 20 heavy (non-hydrogen) atoms. The maximum atomic E-state index is 12.8. The summed E-state index contributed by atoms with van der Waals surface area (Å²) in [5, 5.41) is 0. The van der Waals surface area contributed by atoms with E-state index in [0.717, 1.165) is 37.5 Å². The third kappa shape index (κ3) is 4.16. The number of esters is 1. The molecule has 2 saturated carbocycles. The van der Waals surface area contributed by atoms with E-state index in [1.54, 1.807) is 0 Å². The molecule has 116 valence electrons. The van der Waals surface area contributed by atoms with E-state index >= 15 is 0 Å². The Labute approximate surface area is 120 Å². The van der Waals surface area contributed by atoms with Crippen molar-refractivity contribution in [3.05, 3.63) is 0 Å². The summed E-state index contributed by atoms with van der Waals surface area (Å²) in [6, 6.07) is 0. The van der Waals surface area contributed by atoms with Crippen molar-refractivity contribution in [1.29, 1.82) is 0 Å². The molecule has 2 aliphatic carbocycles. The second-order valence-corrected chi connectivity index (χ2v) is 6.85. The molecule has 0 heterocycles. The van der Waals surface area contributed by atoms with Gasteiger partial charge in [0.1, 0.15) is 6.10 Å². The number of rotatable bonds is 3. The van der Waals surface area contributed by atoms with Crippen LogP contribution in [0.2, 0.25) is 0 Å². The fourth-order valence-electron chi connectivity index (χ4n) is 3.69. The summed E-state index contributed by atoms with van der Waals surface area (Å²) in [6.07, 6.45) is 8.50. The SMILES string of the molecule is CC1CCC(C2CCC(OC(=O)C(C)(F)F)CC2)CC1. The van der Waals surface area contributed by atoms with E-state index in [1.165, 1.54) is 25.7 Å². The molecule has 0 atom stereocenters. The molecule has 0 saturated heterocycles. The summed E-state index contributed by atoms with van der Waals surface area (Å²) < 4.78 is 30.5. The van der Waals surface area contributed by atoms with E-state index in [1.807, 2.05) is 0 Å². The van der Waals surface area contributed by atoms with Gasteiger partial charge in [0.2, 0.25) is 0 Å². The first-order valence-corrected chi connectivity index (χ1v) is 7.95. The highest BCUT2D eigenvalue weighted by Crippen LogP contribution is 2.40. The molecule has 0 amide bonds. The van der Waals surface area contributed by atoms with Crippen LogP contribution in [0.15, 0.2) is 0 Å². The van der Waals surface area contributed by atoms with Crippen LogP contribution in [0.3, 0.4) is 0 Å². The normalized spacial score (nSPS) is 35.6. The molecule has 0 radical (unpaired) electrons. The molecule has 0 aromatic carbocycles. The summed E-state index contributed by atoms with van der Waals surface area (Å²) in [7, 11) is 0. The summed E-state index contributed by atoms with van der Waals surface area (Å²) in [5.41, 5.74) is 0. The molecular formula is C16H26F2O2. The number of ether oxygens (including phenoxy) is 1. The number of carbonyl (C=O) groups excluding carboxylic acids is 1. The van der Waals surface area contributed by atoms with Crippen LogP contribution in [0, 0.1) is 17.8 Å². The van der Waals surface area contributed by atoms with Crippen molar-refractivity contribution in [2.75, 3.05) is 0 Å². The van der Waals surface area contributed by atoms with E-state index in [-0.39, 0.29) is 6.10 Å². The van der Waals surface area contributed by atoms with Crippen LogP contribution >= 0.6 is 0 Å². The fourth-order valence-corrected chi connectivity index (χ4v) is 3.69. The van der Waals surface area contributed by atoms with Gasteiger partial charge in [-0.1, -0.05) is 19.8 Å². The quantitative estimate of drug-likeness (QED) is 0.711. The van der Waals surface area contributed by atoms with Gasteiger partial charge in [-0.3, -0.25) is 0 Å². The number of carbonyl (C=O) groups is 1. The van der Waals surface area contributed by atoms with Crippen LogP contribution in [-0.2, 0) is 9.53 Å². The second-order valence-electron chi connectivity index (χ2n) is 6.85. The molecular weight excluding hydrogens is 262 g/mol. The van der Waals surface area contributed by atoms with Crippen LogP contribution in [-0.4, -0.2) is 18.0 Å². The van der Waals surface area contributed by atoms with Gasteiger partial charge in [-0.2, -0.15) is 8.78 Å². The Morgan fingerprint density at radius 3 is 1.85 bits per heavy atom. The summed E-state index contributed by atoms with van der Waals surface area (Å²) in [5.74, 6) is -2.37. The number of halogens is 2. The first-order valence-electron chi connectivity index (χ1n) is 7.95. The minimum Gasteiger partial charge on any atom is -0.458 e. The first kappa shape index (κ1) is 15.7. The Kier molecular flexibility index (Phi) is 5.03. The third-order valence-electron chi connectivity index (χ3n) is 5.08. The molecule has 4 heteroatoms. The Hall–Kier alpha value is -0.670. The lowest BCUT2D eigenvalue weighted by molar-refractivity contribution is -0.177. The summed E-state index contributed by atoms with van der Waals surface area (Å²) in [4.78, 5) is 11.2. The van der Waals surface area contributed by atoms with E-state index in [4.69, 9.17) is 4.74 Å². The summed E-state index contributed by atoms with van der Waals surface area (Å²) >= 11 is 0. The molecule has 0 aromatic rings. The molecule has 0 bridgehead atoms. The van der Waals surface area contributed by atoms with Crippen molar-refractivity contribution in [2.45, 2.75) is 77.2 Å². The zero-order chi connectivity index (χ0) is 14.8. The lowest BCUT2D eigenvalue weighted by atomic mass is 9.71. The first-order chi connectivity index (χ1) is 9.36. The highest BCUT2D eigenvalue weighted by atomic mass is 19.3. The Morgan fingerprint density at radius 2 is 1.40 bits per heavy atom. The van der Waals surface area contributed by atoms with Gasteiger partial charge >= 0.3 is 11.9 Å². The molecule has 0 spiro atoms. The average Bonchev–Trinajstić information content (AvgIpc) is 2.39. The van der Waals surface area contributed by atoms with Gasteiger partial charge in [-0.05, 0) is 56.3 Å². The molecule has 2 nitrogen and oxygen atoms in total. The van der Waals surface area contributed by atoms with Crippen molar-refractivity contribution in [2.24, 2.45) is 17.8 Å². The third-order valence-corrected chi connectivity index (χ3v) is 5.08. The second kappa shape index (κ2) is 6.40. The number of alkyl halides is 2. The fraction of sp³-hybridized carbons (Fsp3) is 0.938. The lowest BCUT2D eigenvalue weighted by Crippen LogP contribution is -2.34. The molecule has 0 aromatic heterocycles. The predicted molar refractivity (Wildman–Crippen MR) is 73.6 cm³/mol. The van der Waals surface area contributed by atoms with Gasteiger partial charge in [-0.15, -0.1) is 0 Å². The molecule has 0 aliphatic heterocycles. The van der Waals surface area contributed by atoms with Crippen LogP contribution in [0.4, 0.5) is 8.78 Å². The van der Waals surface area contributed by atoms with Crippen LogP contribution in [0.1, 0.15) is 65.2 Å². The molecule has 2 aliphatic rings. The van der Waals surface area contributed by atoms with E-state index in [9.17, 15) is 13.6 Å². The predicted octanol–water partition coefficient (Wildman–Crippen LogP) is 4.57. The van der Waals surface area contributed by atoms with Crippen LogP contribution in [0.5, 0.6) is 0 Å². The lowest BCUT2D eigenvalue weighted by Gasteiger charge is -2.37. The minimum atomic E-state index is -3.36. The van der Waals surface area contributed by atoms with Gasteiger partial charge in [0, 0.05) is 6.92 Å². The maximum absolute atomic E-state index is 12.8. The molecule has 0 N–H and O–H groups in total. The van der Waals surface area contributed by atoms with Gasteiger partial charge in [0.15, 0.2) is 0 Å². The standard InChI is InChI=1S/C16H26F2O2/c1-11-3-5-12(6-4-11)13-7-9-14(10-8-13)20-15(19)16(2,17)18/h11-14H,3-10H2,1-2H3. The monoisotopic (exact) mass is 288 g/mol. The van der Waals surface area contributed by atoms with Crippen LogP contribution < -0.4 is 0 Å². The number of hydrogen-bond acceptors (Lipinski definition) is 2. The van der Waals surface area contributed by atoms with Crippen molar-refractivity contribution in [3.63, 3.8) is 0 Å². The average molecular weight is 288 g/mol. The van der Waals surface area contributed by atoms with Crippen molar-refractivity contribution >= 4 is 5.97 Å². The van der Waals surface area contributed by atoms with Crippen molar-refractivity contribution in [1.82, 2.24) is 0 Å². The zero-order valence-corrected chi connectivity index (χ0v) is 12.5. The topological polar surface area (TPSA) is 26.3 Å². The van der Waals surface area contributed by atoms with E-state index < -0.39 is 11.9 Å².